The molecule has 0 aliphatic rings. The number of fused-ring (bicyclic) bond motifs is 1. The topological polar surface area (TPSA) is 59.1 Å². The van der Waals surface area contributed by atoms with Crippen LogP contribution in [0.4, 0.5) is 5.69 Å². The fraction of sp³-hybridized carbons (Fsp3) is 0.385. The molecule has 5 nitrogen and oxygen atoms in total. The van der Waals surface area contributed by atoms with Gasteiger partial charge in [-0.1, -0.05) is 0 Å². The summed E-state index contributed by atoms with van der Waals surface area (Å²) in [6.45, 7) is 3.30. The van der Waals surface area contributed by atoms with Crippen LogP contribution in [0.1, 0.15) is 0 Å². The number of nitrogens with one attached hydrogen (secondary N) is 2. The Morgan fingerprint density at radius 1 is 1.26 bits per heavy atom. The number of halogens is 1. The van der Waals surface area contributed by atoms with E-state index in [0.29, 0.717) is 0 Å². The second kappa shape index (κ2) is 7.37. The van der Waals surface area contributed by atoms with Gasteiger partial charge in [0.25, 0.3) is 0 Å². The van der Waals surface area contributed by atoms with E-state index in [0.717, 1.165) is 47.4 Å². The standard InChI is InChI=1S/C13H17BrN4O/c1-19-7-6-15-4-5-17-11-2-3-16-12-8-10(14)9-18-13(11)12/h2-3,8-9,15H,4-7H2,1H3,(H,16,17). The maximum absolute atomic E-state index is 4.97. The SMILES string of the molecule is COCCNCCNc1ccnc2cc(Br)cnc12. The quantitative estimate of drug-likeness (QED) is 0.763. The molecule has 0 bridgehead atoms. The number of aromatic nitrogens is 2. The van der Waals surface area contributed by atoms with E-state index >= 15 is 0 Å². The Kier molecular flexibility index (Phi) is 5.50. The van der Waals surface area contributed by atoms with Crippen molar-refractivity contribution in [2.45, 2.75) is 0 Å². The van der Waals surface area contributed by atoms with Crippen molar-refractivity contribution >= 4 is 32.7 Å². The first-order chi connectivity index (χ1) is 9.31. The molecule has 0 atom stereocenters. The molecular formula is C13H17BrN4O. The van der Waals surface area contributed by atoms with Gasteiger partial charge in [-0.05, 0) is 28.1 Å². The monoisotopic (exact) mass is 324 g/mol. The van der Waals surface area contributed by atoms with E-state index < -0.39 is 0 Å². The zero-order chi connectivity index (χ0) is 13.5. The van der Waals surface area contributed by atoms with E-state index in [4.69, 9.17) is 4.74 Å². The Morgan fingerprint density at radius 3 is 3.00 bits per heavy atom. The molecule has 2 N–H and O–H groups in total. The van der Waals surface area contributed by atoms with Crippen molar-refractivity contribution in [3.63, 3.8) is 0 Å². The highest BCUT2D eigenvalue weighted by atomic mass is 79.9. The lowest BCUT2D eigenvalue weighted by molar-refractivity contribution is 0.200. The maximum Gasteiger partial charge on any atom is 0.112 e. The third-order valence-electron chi connectivity index (χ3n) is 2.64. The zero-order valence-electron chi connectivity index (χ0n) is 10.8. The van der Waals surface area contributed by atoms with Crippen LogP contribution >= 0.6 is 15.9 Å². The summed E-state index contributed by atoms with van der Waals surface area (Å²) in [6.07, 6.45) is 3.57. The number of methoxy groups -OCH3 is 1. The molecule has 0 aromatic carbocycles. The minimum absolute atomic E-state index is 0.730. The van der Waals surface area contributed by atoms with Gasteiger partial charge in [0.1, 0.15) is 5.52 Å². The van der Waals surface area contributed by atoms with Gasteiger partial charge in [-0.15, -0.1) is 0 Å². The molecule has 0 fully saturated rings. The largest absolute Gasteiger partial charge is 0.383 e. The highest BCUT2D eigenvalue weighted by Crippen LogP contribution is 2.21. The molecular weight excluding hydrogens is 308 g/mol. The summed E-state index contributed by atoms with van der Waals surface area (Å²) in [5.41, 5.74) is 2.78. The fourth-order valence-electron chi connectivity index (χ4n) is 1.73. The molecule has 0 spiro atoms. The second-order valence-electron chi connectivity index (χ2n) is 4.05. The molecule has 0 saturated heterocycles. The van der Waals surface area contributed by atoms with Crippen LogP contribution in [0.25, 0.3) is 11.0 Å². The van der Waals surface area contributed by atoms with Gasteiger partial charge in [0.15, 0.2) is 0 Å². The van der Waals surface area contributed by atoms with Crippen LogP contribution in [0.2, 0.25) is 0 Å². The van der Waals surface area contributed by atoms with Crippen molar-refractivity contribution in [2.75, 3.05) is 38.7 Å². The van der Waals surface area contributed by atoms with Crippen LogP contribution in [0.5, 0.6) is 0 Å². The summed E-state index contributed by atoms with van der Waals surface area (Å²) in [5.74, 6) is 0. The van der Waals surface area contributed by atoms with Crippen LogP contribution < -0.4 is 10.6 Å². The summed E-state index contributed by atoms with van der Waals surface area (Å²) >= 11 is 3.40. The molecule has 0 aliphatic heterocycles. The lowest BCUT2D eigenvalue weighted by Crippen LogP contribution is -2.25. The van der Waals surface area contributed by atoms with Crippen molar-refractivity contribution in [1.82, 2.24) is 15.3 Å². The zero-order valence-corrected chi connectivity index (χ0v) is 12.4. The molecule has 0 aliphatic carbocycles. The second-order valence-corrected chi connectivity index (χ2v) is 4.97. The number of hydrogen-bond donors (Lipinski definition) is 2. The Labute approximate surface area is 120 Å². The van der Waals surface area contributed by atoms with Gasteiger partial charge < -0.3 is 15.4 Å². The summed E-state index contributed by atoms with van der Waals surface area (Å²) in [5, 5.41) is 6.65. The number of hydrogen-bond acceptors (Lipinski definition) is 5. The van der Waals surface area contributed by atoms with Crippen molar-refractivity contribution in [1.29, 1.82) is 0 Å². The first-order valence-electron chi connectivity index (χ1n) is 6.15. The van der Waals surface area contributed by atoms with E-state index in [-0.39, 0.29) is 0 Å². The average Bonchev–Trinajstić information content (AvgIpc) is 2.42. The van der Waals surface area contributed by atoms with E-state index in [1.54, 1.807) is 19.5 Å². The van der Waals surface area contributed by atoms with Gasteiger partial charge in [0, 0.05) is 43.6 Å². The third kappa shape index (κ3) is 4.12. The number of ether oxygens (including phenoxy) is 1. The lowest BCUT2D eigenvalue weighted by atomic mass is 10.3. The molecule has 6 heteroatoms. The van der Waals surface area contributed by atoms with Gasteiger partial charge in [0.2, 0.25) is 0 Å². The maximum atomic E-state index is 4.97. The molecule has 0 unspecified atom stereocenters. The molecule has 19 heavy (non-hydrogen) atoms. The van der Waals surface area contributed by atoms with Gasteiger partial charge in [0.05, 0.1) is 17.8 Å². The Bertz CT molecular complexity index is 535. The highest BCUT2D eigenvalue weighted by molar-refractivity contribution is 9.10. The molecule has 2 aromatic heterocycles. The van der Waals surface area contributed by atoms with Gasteiger partial charge in [-0.25, -0.2) is 0 Å². The molecule has 0 amide bonds. The van der Waals surface area contributed by atoms with Crippen molar-refractivity contribution in [2.24, 2.45) is 0 Å². The number of pyridine rings is 2. The summed E-state index contributed by atoms with van der Waals surface area (Å²) in [4.78, 5) is 8.70. The minimum atomic E-state index is 0.730. The third-order valence-corrected chi connectivity index (χ3v) is 3.08. The number of rotatable bonds is 7. The van der Waals surface area contributed by atoms with E-state index in [1.807, 2.05) is 12.1 Å². The normalized spacial score (nSPS) is 10.8. The fourth-order valence-corrected chi connectivity index (χ4v) is 2.05. The number of nitrogens with zero attached hydrogens (tertiary/aromatic N) is 2. The van der Waals surface area contributed by atoms with Gasteiger partial charge in [-0.2, -0.15) is 0 Å². The van der Waals surface area contributed by atoms with Crippen molar-refractivity contribution < 1.29 is 4.74 Å². The Balaban J connectivity index is 1.93. The molecule has 2 aromatic rings. The molecule has 2 heterocycles. The molecule has 2 rings (SSSR count). The highest BCUT2D eigenvalue weighted by Gasteiger charge is 2.03. The number of anilines is 1. The Hall–Kier alpha value is -1.24. The van der Waals surface area contributed by atoms with Gasteiger partial charge in [-0.3, -0.25) is 9.97 Å². The molecule has 0 saturated carbocycles. The van der Waals surface area contributed by atoms with E-state index in [9.17, 15) is 0 Å². The van der Waals surface area contributed by atoms with Crippen LogP contribution in [0.3, 0.4) is 0 Å². The van der Waals surface area contributed by atoms with E-state index in [1.165, 1.54) is 0 Å². The van der Waals surface area contributed by atoms with E-state index in [2.05, 4.69) is 36.5 Å². The first kappa shape index (κ1) is 14.2. The minimum Gasteiger partial charge on any atom is -0.383 e. The van der Waals surface area contributed by atoms with Crippen LogP contribution in [0.15, 0.2) is 29.0 Å². The van der Waals surface area contributed by atoms with Crippen molar-refractivity contribution in [3.05, 3.63) is 29.0 Å². The summed E-state index contributed by atoms with van der Waals surface area (Å²) in [7, 11) is 1.70. The lowest BCUT2D eigenvalue weighted by Gasteiger charge is -2.09. The Morgan fingerprint density at radius 2 is 2.16 bits per heavy atom. The van der Waals surface area contributed by atoms with Crippen LogP contribution in [-0.4, -0.2) is 43.3 Å². The van der Waals surface area contributed by atoms with Crippen LogP contribution in [0, 0.1) is 0 Å². The molecule has 102 valence electrons. The smallest absolute Gasteiger partial charge is 0.112 e. The average molecular weight is 325 g/mol. The van der Waals surface area contributed by atoms with Crippen LogP contribution in [-0.2, 0) is 4.74 Å². The summed E-state index contributed by atoms with van der Waals surface area (Å²) < 4.78 is 5.91. The van der Waals surface area contributed by atoms with Crippen molar-refractivity contribution in [3.8, 4) is 0 Å². The van der Waals surface area contributed by atoms with Gasteiger partial charge >= 0.3 is 0 Å². The predicted octanol–water partition coefficient (Wildman–Crippen LogP) is 2.04. The predicted molar refractivity (Wildman–Crippen MR) is 80.5 cm³/mol. The summed E-state index contributed by atoms with van der Waals surface area (Å²) in [6, 6.07) is 3.91. The molecule has 0 radical (unpaired) electrons. The first-order valence-corrected chi connectivity index (χ1v) is 6.94.